The first-order valence-electron chi connectivity index (χ1n) is 23.6. The topological polar surface area (TPSA) is 402 Å². The van der Waals surface area contributed by atoms with Crippen LogP contribution in [0.1, 0.15) is 83.1 Å². The monoisotopic (exact) mass is 1130 g/mol. The van der Waals surface area contributed by atoms with Gasteiger partial charge in [-0.3, -0.25) is 38.4 Å². The molecule has 0 bridgehead atoms. The van der Waals surface area contributed by atoms with Gasteiger partial charge in [-0.05, 0) is 27.7 Å². The summed E-state index contributed by atoms with van der Waals surface area (Å²) < 4.78 is 84.1. The average molecular weight is 1130 g/mol. The van der Waals surface area contributed by atoms with E-state index in [0.29, 0.717) is 0 Å². The fourth-order valence-corrected chi connectivity index (χ4v) is 8.11. The number of hydrogen-bond donors (Lipinski definition) is 5. The summed E-state index contributed by atoms with van der Waals surface area (Å²) in [5.41, 5.74) is 0. The third-order valence-corrected chi connectivity index (χ3v) is 10.8. The largest absolute Gasteiger partial charge is 0.455 e. The molecule has 440 valence electrons. The number of carbonyl (C=O) groups is 9. The van der Waals surface area contributed by atoms with E-state index in [2.05, 4.69) is 22.5 Å². The van der Waals surface area contributed by atoms with Gasteiger partial charge >= 0.3 is 53.7 Å². The second-order valence-corrected chi connectivity index (χ2v) is 18.4. The van der Waals surface area contributed by atoms with Crippen LogP contribution in [0.3, 0.4) is 0 Å². The number of cyclic esters (lactones) is 1. The SMILES string of the molecule is C#CC1OC(OC(C)=O)C(OC(C)=O)C(OC(C)=O)C1OC(C)=O.C#CC1OC2OC(C)(C)OC2C2OC(C)(C)OC12.C#C[C@H](OC(C)=O)[C@H]1O[C@H](OC(C)=O)[C@H](OC(C)=O)C1OC(C)=O.O=C1O[C@H](C(O)(O)CO)C(O)[C@H]1O. The molecule has 6 aliphatic heterocycles. The number of aliphatic hydroxyl groups is 5. The molecule has 18 atom stereocenters. The van der Waals surface area contributed by atoms with Gasteiger partial charge in [0.15, 0.2) is 66.7 Å². The molecule has 6 aliphatic rings. The quantitative estimate of drug-likeness (QED) is 0.0586. The first kappa shape index (κ1) is 66.7. The minimum atomic E-state index is -2.74. The molecular weight excluding hydrogens is 1070 g/mol. The molecule has 79 heavy (non-hydrogen) atoms. The molecule has 30 nitrogen and oxygen atoms in total. The average Bonchev–Trinajstić information content (AvgIpc) is 4.04. The number of fused-ring (bicyclic) bond motifs is 3. The molecule has 6 fully saturated rings. The van der Waals surface area contributed by atoms with Crippen LogP contribution in [0.2, 0.25) is 0 Å². The molecule has 0 spiro atoms. The molecule has 0 saturated carbocycles. The molecule has 0 aromatic rings. The van der Waals surface area contributed by atoms with Crippen LogP contribution in [-0.4, -0.2) is 214 Å². The van der Waals surface area contributed by atoms with Crippen molar-refractivity contribution < 1.29 is 144 Å². The van der Waals surface area contributed by atoms with Crippen molar-refractivity contribution in [1.82, 2.24) is 0 Å². The van der Waals surface area contributed by atoms with Crippen molar-refractivity contribution in [2.75, 3.05) is 6.61 Å². The summed E-state index contributed by atoms with van der Waals surface area (Å²) in [5, 5.41) is 44.4. The Balaban J connectivity index is 0.000000283. The van der Waals surface area contributed by atoms with E-state index in [-0.39, 0.29) is 18.3 Å². The number of hydrogen-bond acceptors (Lipinski definition) is 30. The Morgan fingerprint density at radius 3 is 1.41 bits per heavy atom. The van der Waals surface area contributed by atoms with Crippen LogP contribution in [-0.2, 0) is 119 Å². The van der Waals surface area contributed by atoms with Gasteiger partial charge in [-0.25, -0.2) is 4.79 Å². The number of rotatable bonds is 11. The zero-order valence-electron chi connectivity index (χ0n) is 44.8. The summed E-state index contributed by atoms with van der Waals surface area (Å²) in [5.74, 6) is -4.07. The highest BCUT2D eigenvalue weighted by Crippen LogP contribution is 2.44. The highest BCUT2D eigenvalue weighted by atomic mass is 16.9. The van der Waals surface area contributed by atoms with Crippen LogP contribution >= 0.6 is 0 Å². The smallest absolute Gasteiger partial charge is 0.338 e. The summed E-state index contributed by atoms with van der Waals surface area (Å²) in [6, 6.07) is 0. The summed E-state index contributed by atoms with van der Waals surface area (Å²) >= 11 is 0. The first-order valence-corrected chi connectivity index (χ1v) is 23.6. The van der Waals surface area contributed by atoms with Crippen molar-refractivity contribution in [3.63, 3.8) is 0 Å². The van der Waals surface area contributed by atoms with Crippen molar-refractivity contribution in [3.05, 3.63) is 0 Å². The predicted octanol–water partition coefficient (Wildman–Crippen LogP) is -3.27. The van der Waals surface area contributed by atoms with Gasteiger partial charge in [0.1, 0.15) is 37.1 Å². The number of ether oxygens (including phenoxy) is 16. The minimum absolute atomic E-state index is 0.262. The fraction of sp³-hybridized carbons (Fsp3) is 0.694. The van der Waals surface area contributed by atoms with Crippen molar-refractivity contribution in [2.45, 2.75) is 211 Å². The van der Waals surface area contributed by atoms with Crippen LogP contribution in [0.4, 0.5) is 0 Å². The first-order chi connectivity index (χ1) is 36.5. The predicted molar refractivity (Wildman–Crippen MR) is 249 cm³/mol. The number of terminal acetylenes is 3. The normalized spacial score (nSPS) is 33.6. The van der Waals surface area contributed by atoms with Gasteiger partial charge in [-0.2, -0.15) is 0 Å². The molecule has 6 rings (SSSR count). The van der Waals surface area contributed by atoms with Gasteiger partial charge in [-0.1, -0.05) is 17.8 Å². The van der Waals surface area contributed by atoms with E-state index in [1.54, 1.807) is 0 Å². The number of carbonyl (C=O) groups excluding carboxylic acids is 9. The van der Waals surface area contributed by atoms with Gasteiger partial charge in [0.2, 0.25) is 30.6 Å². The van der Waals surface area contributed by atoms with Crippen LogP contribution in [0, 0.1) is 37.0 Å². The maximum atomic E-state index is 11.4. The van der Waals surface area contributed by atoms with Crippen molar-refractivity contribution in [2.24, 2.45) is 0 Å². The lowest BCUT2D eigenvalue weighted by atomic mass is 9.98. The molecule has 0 aromatic heterocycles. The van der Waals surface area contributed by atoms with E-state index >= 15 is 0 Å². The van der Waals surface area contributed by atoms with Crippen LogP contribution in [0.5, 0.6) is 0 Å². The highest BCUT2D eigenvalue weighted by molar-refractivity contribution is 5.78. The molecule has 6 heterocycles. The fourth-order valence-electron chi connectivity index (χ4n) is 8.11. The lowest BCUT2D eigenvalue weighted by Gasteiger charge is -2.42. The highest BCUT2D eigenvalue weighted by Gasteiger charge is 2.61. The molecule has 12 unspecified atom stereocenters. The van der Waals surface area contributed by atoms with Crippen LogP contribution in [0.15, 0.2) is 0 Å². The second kappa shape index (κ2) is 28.0. The van der Waals surface area contributed by atoms with E-state index in [4.69, 9.17) is 116 Å². The zero-order chi connectivity index (χ0) is 60.2. The Morgan fingerprint density at radius 2 is 0.975 bits per heavy atom. The Bertz CT molecular complexity index is 2360. The molecule has 30 heteroatoms. The van der Waals surface area contributed by atoms with Crippen molar-refractivity contribution >= 4 is 53.7 Å². The third kappa shape index (κ3) is 18.5. The third-order valence-electron chi connectivity index (χ3n) is 10.8. The summed E-state index contributed by atoms with van der Waals surface area (Å²) in [6.45, 7) is 15.2. The van der Waals surface area contributed by atoms with E-state index < -0.39 is 170 Å². The molecule has 6 saturated heterocycles. The Labute approximate surface area is 451 Å². The van der Waals surface area contributed by atoms with Gasteiger partial charge < -0.3 is 101 Å². The van der Waals surface area contributed by atoms with Crippen molar-refractivity contribution in [3.8, 4) is 37.0 Å². The molecule has 0 amide bonds. The molecule has 0 aliphatic carbocycles. The second-order valence-electron chi connectivity index (χ2n) is 18.4. The van der Waals surface area contributed by atoms with Crippen LogP contribution in [0.25, 0.3) is 0 Å². The van der Waals surface area contributed by atoms with Crippen LogP contribution < -0.4 is 0 Å². The van der Waals surface area contributed by atoms with Gasteiger partial charge in [0.25, 0.3) is 0 Å². The van der Waals surface area contributed by atoms with E-state index in [0.717, 1.165) is 55.4 Å². The Kier molecular flexibility index (Phi) is 23.7. The lowest BCUT2D eigenvalue weighted by Crippen LogP contribution is -2.61. The number of esters is 9. The molecular formula is C49H64O30. The summed E-state index contributed by atoms with van der Waals surface area (Å²) in [6.07, 6.45) is -3.81. The van der Waals surface area contributed by atoms with Crippen molar-refractivity contribution in [1.29, 1.82) is 0 Å². The number of aliphatic hydroxyl groups excluding tert-OH is 3. The summed E-state index contributed by atoms with van der Waals surface area (Å²) in [4.78, 5) is 101. The Hall–Kier alpha value is -6.57. The maximum absolute atomic E-state index is 11.4. The van der Waals surface area contributed by atoms with Gasteiger partial charge in [0.05, 0.1) is 0 Å². The maximum Gasteiger partial charge on any atom is 0.338 e. The standard InChI is InChI=1S/2C15H18O9.C13H18O5.C6H10O7/c1-6-11-12(20-7(2)16)13(21-8(3)17)14(22-9(4)18)15(24-11)23-10(5)19;1-6-11(20-7(2)16)12-13(21-8(3)17)14(22-9(4)18)15(24-12)23-10(5)19;1-6-7-8-9(16-12(2,3)15-8)10-11(14-7)18-13(4,5)17-10;7-1-6(11,12)4-2(8)3(9)5(10)13-4/h2*1,11-15H,2-5H3;1,7-11H,2-5H3;2-4,7-9,11-12H,1H2/t;11-,12+,13?,14+,15-;;2?,3-,4+/m.0.1/s1. The summed E-state index contributed by atoms with van der Waals surface area (Å²) in [7, 11) is 0. The van der Waals surface area contributed by atoms with Gasteiger partial charge in [-0.15, -0.1) is 19.3 Å². The molecule has 0 aromatic carbocycles. The van der Waals surface area contributed by atoms with E-state index in [1.807, 2.05) is 27.7 Å². The van der Waals surface area contributed by atoms with Gasteiger partial charge in [0, 0.05) is 55.4 Å². The minimum Gasteiger partial charge on any atom is -0.455 e. The Morgan fingerprint density at radius 1 is 0.557 bits per heavy atom. The zero-order valence-corrected chi connectivity index (χ0v) is 44.8. The molecule has 5 N–H and O–H groups in total. The van der Waals surface area contributed by atoms with E-state index in [1.165, 1.54) is 0 Å². The van der Waals surface area contributed by atoms with E-state index in [9.17, 15) is 43.2 Å². The lowest BCUT2D eigenvalue weighted by molar-refractivity contribution is -0.286. The molecule has 0 radical (unpaired) electrons.